The van der Waals surface area contributed by atoms with Crippen molar-refractivity contribution in [3.63, 3.8) is 0 Å². The standard InChI is InChI=1S/C12H9F3N2O2S/c13-12(14,15)7-4-2-1-3-6(7)10-17-8(5-16)9(20-10)11(18)19/h1-4H,5,16H2,(H,18,19). The van der Waals surface area contributed by atoms with E-state index in [2.05, 4.69) is 4.98 Å². The number of carboxylic acid groups (broad SMARTS) is 1. The van der Waals surface area contributed by atoms with Gasteiger partial charge in [0.1, 0.15) is 9.88 Å². The van der Waals surface area contributed by atoms with Crippen LogP contribution in [0.1, 0.15) is 20.9 Å². The van der Waals surface area contributed by atoms with Crippen LogP contribution < -0.4 is 5.73 Å². The molecule has 2 rings (SSSR count). The number of carboxylic acids is 1. The first-order valence-electron chi connectivity index (χ1n) is 5.44. The summed E-state index contributed by atoms with van der Waals surface area (Å²) in [5, 5.41) is 8.97. The first-order valence-corrected chi connectivity index (χ1v) is 6.26. The Balaban J connectivity index is 2.61. The molecule has 0 saturated heterocycles. The Bertz CT molecular complexity index is 652. The zero-order valence-corrected chi connectivity index (χ0v) is 10.8. The van der Waals surface area contributed by atoms with E-state index in [1.165, 1.54) is 18.2 Å². The summed E-state index contributed by atoms with van der Waals surface area (Å²) in [6, 6.07) is 4.89. The largest absolute Gasteiger partial charge is 0.477 e. The minimum absolute atomic E-state index is 0.00391. The molecule has 0 aliphatic rings. The highest BCUT2D eigenvalue weighted by molar-refractivity contribution is 7.17. The Hall–Kier alpha value is -1.93. The average Bonchev–Trinajstić information content (AvgIpc) is 2.82. The molecule has 0 radical (unpaired) electrons. The Morgan fingerprint density at radius 3 is 2.50 bits per heavy atom. The molecule has 1 aromatic heterocycles. The summed E-state index contributed by atoms with van der Waals surface area (Å²) in [5.41, 5.74) is 4.44. The van der Waals surface area contributed by atoms with Crippen LogP contribution in [0.25, 0.3) is 10.6 Å². The number of rotatable bonds is 3. The van der Waals surface area contributed by atoms with E-state index in [9.17, 15) is 18.0 Å². The van der Waals surface area contributed by atoms with E-state index in [1.54, 1.807) is 0 Å². The van der Waals surface area contributed by atoms with Crippen molar-refractivity contribution in [2.24, 2.45) is 5.73 Å². The fraction of sp³-hybridized carbons (Fsp3) is 0.167. The number of hydrogen-bond donors (Lipinski definition) is 2. The van der Waals surface area contributed by atoms with Crippen LogP contribution in [0.2, 0.25) is 0 Å². The van der Waals surface area contributed by atoms with E-state index < -0.39 is 17.7 Å². The summed E-state index contributed by atoms with van der Waals surface area (Å²) in [4.78, 5) is 14.8. The summed E-state index contributed by atoms with van der Waals surface area (Å²) in [5.74, 6) is -1.25. The molecule has 0 aliphatic carbocycles. The monoisotopic (exact) mass is 302 g/mol. The van der Waals surface area contributed by atoms with Gasteiger partial charge in [0, 0.05) is 12.1 Å². The van der Waals surface area contributed by atoms with Crippen molar-refractivity contribution in [1.82, 2.24) is 4.98 Å². The van der Waals surface area contributed by atoms with Gasteiger partial charge in [0.05, 0.1) is 11.3 Å². The van der Waals surface area contributed by atoms with Crippen LogP contribution >= 0.6 is 11.3 Å². The summed E-state index contributed by atoms with van der Waals surface area (Å²) in [7, 11) is 0. The number of nitrogens with zero attached hydrogens (tertiary/aromatic N) is 1. The van der Waals surface area contributed by atoms with Gasteiger partial charge in [-0.3, -0.25) is 0 Å². The molecule has 0 bridgehead atoms. The zero-order valence-electron chi connectivity index (χ0n) is 9.94. The number of hydrogen-bond acceptors (Lipinski definition) is 4. The van der Waals surface area contributed by atoms with Crippen LogP contribution in [0.15, 0.2) is 24.3 Å². The van der Waals surface area contributed by atoms with Gasteiger partial charge < -0.3 is 10.8 Å². The third-order valence-electron chi connectivity index (χ3n) is 2.55. The van der Waals surface area contributed by atoms with Crippen molar-refractivity contribution < 1.29 is 23.1 Å². The van der Waals surface area contributed by atoms with Gasteiger partial charge in [-0.25, -0.2) is 9.78 Å². The lowest BCUT2D eigenvalue weighted by Crippen LogP contribution is -2.07. The quantitative estimate of drug-likeness (QED) is 0.914. The Labute approximate surface area is 115 Å². The number of carbonyl (C=O) groups is 1. The first-order chi connectivity index (χ1) is 9.34. The first kappa shape index (κ1) is 14.5. The molecule has 1 heterocycles. The zero-order chi connectivity index (χ0) is 14.9. The molecular weight excluding hydrogens is 293 g/mol. The number of halogens is 3. The van der Waals surface area contributed by atoms with Crippen LogP contribution in [-0.2, 0) is 12.7 Å². The van der Waals surface area contributed by atoms with Crippen LogP contribution in [-0.4, -0.2) is 16.1 Å². The smallest absolute Gasteiger partial charge is 0.417 e. The molecule has 0 fully saturated rings. The molecule has 8 heteroatoms. The second kappa shape index (κ2) is 5.22. The highest BCUT2D eigenvalue weighted by Crippen LogP contribution is 2.38. The van der Waals surface area contributed by atoms with Crippen LogP contribution in [0.4, 0.5) is 13.2 Å². The number of nitrogens with two attached hydrogens (primary N) is 1. The summed E-state index contributed by atoms with van der Waals surface area (Å²) >= 11 is 0.685. The van der Waals surface area contributed by atoms with Gasteiger partial charge in [0.2, 0.25) is 0 Å². The molecule has 0 aliphatic heterocycles. The SMILES string of the molecule is NCc1nc(-c2ccccc2C(F)(F)F)sc1C(=O)O. The normalized spacial score (nSPS) is 11.6. The number of thiazole rings is 1. The summed E-state index contributed by atoms with van der Waals surface area (Å²) in [6.07, 6.45) is -4.53. The predicted octanol–water partition coefficient (Wildman–Crippen LogP) is 2.99. The molecule has 1 aromatic carbocycles. The van der Waals surface area contributed by atoms with Gasteiger partial charge >= 0.3 is 12.1 Å². The topological polar surface area (TPSA) is 76.2 Å². The van der Waals surface area contributed by atoms with Gasteiger partial charge in [-0.1, -0.05) is 18.2 Å². The minimum atomic E-state index is -4.53. The van der Waals surface area contributed by atoms with Crippen LogP contribution in [0, 0.1) is 0 Å². The molecule has 3 N–H and O–H groups in total. The highest BCUT2D eigenvalue weighted by atomic mass is 32.1. The van der Waals surface area contributed by atoms with Crippen LogP contribution in [0.3, 0.4) is 0 Å². The second-order valence-corrected chi connectivity index (χ2v) is 4.85. The van der Waals surface area contributed by atoms with Gasteiger partial charge in [-0.15, -0.1) is 11.3 Å². The maximum absolute atomic E-state index is 12.9. The second-order valence-electron chi connectivity index (χ2n) is 3.85. The fourth-order valence-electron chi connectivity index (χ4n) is 1.69. The van der Waals surface area contributed by atoms with E-state index in [0.717, 1.165) is 6.07 Å². The van der Waals surface area contributed by atoms with Crippen molar-refractivity contribution in [2.75, 3.05) is 0 Å². The Morgan fingerprint density at radius 1 is 1.35 bits per heavy atom. The van der Waals surface area contributed by atoms with Crippen molar-refractivity contribution in [3.05, 3.63) is 40.4 Å². The lowest BCUT2D eigenvalue weighted by molar-refractivity contribution is -0.137. The molecule has 4 nitrogen and oxygen atoms in total. The van der Waals surface area contributed by atoms with E-state index in [4.69, 9.17) is 10.8 Å². The molecule has 2 aromatic rings. The third-order valence-corrected chi connectivity index (χ3v) is 3.67. The molecule has 0 atom stereocenters. The number of alkyl halides is 3. The van der Waals surface area contributed by atoms with Gasteiger partial charge in [-0.2, -0.15) is 13.2 Å². The van der Waals surface area contributed by atoms with E-state index >= 15 is 0 Å². The molecule has 0 unspecified atom stereocenters. The van der Waals surface area contributed by atoms with E-state index in [0.29, 0.717) is 11.3 Å². The maximum atomic E-state index is 12.9. The van der Waals surface area contributed by atoms with E-state index in [-0.39, 0.29) is 27.7 Å². The Morgan fingerprint density at radius 2 is 2.00 bits per heavy atom. The minimum Gasteiger partial charge on any atom is -0.477 e. The lowest BCUT2D eigenvalue weighted by Gasteiger charge is -2.10. The molecule has 20 heavy (non-hydrogen) atoms. The molecule has 0 amide bonds. The lowest BCUT2D eigenvalue weighted by atomic mass is 10.1. The van der Waals surface area contributed by atoms with Crippen molar-refractivity contribution in [3.8, 4) is 10.6 Å². The average molecular weight is 302 g/mol. The highest BCUT2D eigenvalue weighted by Gasteiger charge is 2.34. The maximum Gasteiger partial charge on any atom is 0.417 e. The van der Waals surface area contributed by atoms with Gasteiger partial charge in [0.25, 0.3) is 0 Å². The molecule has 0 saturated carbocycles. The van der Waals surface area contributed by atoms with Gasteiger partial charge in [-0.05, 0) is 6.07 Å². The number of benzene rings is 1. The summed E-state index contributed by atoms with van der Waals surface area (Å²) < 4.78 is 38.8. The fourth-order valence-corrected chi connectivity index (χ4v) is 2.66. The van der Waals surface area contributed by atoms with Crippen molar-refractivity contribution in [1.29, 1.82) is 0 Å². The number of aromatic carboxylic acids is 1. The predicted molar refractivity (Wildman–Crippen MR) is 67.4 cm³/mol. The third kappa shape index (κ3) is 2.66. The number of aromatic nitrogens is 1. The van der Waals surface area contributed by atoms with Crippen molar-refractivity contribution >= 4 is 17.3 Å². The molecule has 106 valence electrons. The van der Waals surface area contributed by atoms with Gasteiger partial charge in [0.15, 0.2) is 0 Å². The van der Waals surface area contributed by atoms with Crippen molar-refractivity contribution in [2.45, 2.75) is 12.7 Å². The Kier molecular flexibility index (Phi) is 3.78. The van der Waals surface area contributed by atoms with Crippen LogP contribution in [0.5, 0.6) is 0 Å². The molecular formula is C12H9F3N2O2S. The van der Waals surface area contributed by atoms with E-state index in [1.807, 2.05) is 0 Å². The molecule has 0 spiro atoms. The summed E-state index contributed by atoms with van der Waals surface area (Å²) in [6.45, 7) is -0.147.